The standard InChI is InChI=1S/C16H19N3O5/c1-10(16(21)22)17-13(20)4-3-5-14-18-15(19-24-14)11-6-8-12(23-2)9-7-11/h6-10H,3-5H2,1-2H3,(H,17,20)(H,21,22)/t10-/m0/s1. The monoisotopic (exact) mass is 333 g/mol. The maximum Gasteiger partial charge on any atom is 0.325 e. The second kappa shape index (κ2) is 8.09. The van der Waals surface area contributed by atoms with Crippen LogP contribution in [0.4, 0.5) is 0 Å². The number of methoxy groups -OCH3 is 1. The van der Waals surface area contributed by atoms with Crippen molar-refractivity contribution in [3.63, 3.8) is 0 Å². The Labute approximate surface area is 138 Å². The van der Waals surface area contributed by atoms with Gasteiger partial charge in [-0.3, -0.25) is 9.59 Å². The Bertz CT molecular complexity index is 696. The third-order valence-electron chi connectivity index (χ3n) is 3.36. The third kappa shape index (κ3) is 4.80. The van der Waals surface area contributed by atoms with Crippen molar-refractivity contribution in [3.8, 4) is 17.1 Å². The topological polar surface area (TPSA) is 115 Å². The molecule has 2 aromatic rings. The number of carboxylic acid groups (broad SMARTS) is 1. The average molecular weight is 333 g/mol. The zero-order chi connectivity index (χ0) is 17.5. The van der Waals surface area contributed by atoms with Crippen molar-refractivity contribution in [2.45, 2.75) is 32.2 Å². The number of nitrogens with zero attached hydrogens (tertiary/aromatic N) is 2. The SMILES string of the molecule is COc1ccc(-c2noc(CCCC(=O)N[C@@H](C)C(=O)O)n2)cc1. The summed E-state index contributed by atoms with van der Waals surface area (Å²) < 4.78 is 10.2. The molecule has 1 aromatic heterocycles. The van der Waals surface area contributed by atoms with Crippen LogP contribution in [0.1, 0.15) is 25.7 Å². The van der Waals surface area contributed by atoms with Gasteiger partial charge in [-0.15, -0.1) is 0 Å². The highest BCUT2D eigenvalue weighted by molar-refractivity contribution is 5.83. The molecule has 2 N–H and O–H groups in total. The molecular formula is C16H19N3O5. The summed E-state index contributed by atoms with van der Waals surface area (Å²) in [6.07, 6.45) is 1.12. The molecule has 0 aliphatic rings. The number of carboxylic acids is 1. The van der Waals surface area contributed by atoms with Gasteiger partial charge in [-0.25, -0.2) is 0 Å². The highest BCUT2D eigenvalue weighted by Crippen LogP contribution is 2.20. The lowest BCUT2D eigenvalue weighted by Crippen LogP contribution is -2.38. The fourth-order valence-corrected chi connectivity index (χ4v) is 1.99. The number of aromatic nitrogens is 2. The van der Waals surface area contributed by atoms with Crippen molar-refractivity contribution in [1.82, 2.24) is 15.5 Å². The number of rotatable bonds is 8. The van der Waals surface area contributed by atoms with Gasteiger partial charge in [0, 0.05) is 18.4 Å². The minimum Gasteiger partial charge on any atom is -0.497 e. The fraction of sp³-hybridized carbons (Fsp3) is 0.375. The highest BCUT2D eigenvalue weighted by atomic mass is 16.5. The van der Waals surface area contributed by atoms with Crippen LogP contribution in [0.3, 0.4) is 0 Å². The van der Waals surface area contributed by atoms with E-state index < -0.39 is 12.0 Å². The molecule has 1 atom stereocenters. The maximum absolute atomic E-state index is 11.6. The van der Waals surface area contributed by atoms with E-state index in [4.69, 9.17) is 14.4 Å². The van der Waals surface area contributed by atoms with Crippen LogP contribution in [-0.4, -0.2) is 40.3 Å². The van der Waals surface area contributed by atoms with Gasteiger partial charge in [0.1, 0.15) is 11.8 Å². The van der Waals surface area contributed by atoms with Gasteiger partial charge in [0.25, 0.3) is 0 Å². The molecule has 1 aromatic carbocycles. The first-order valence-corrected chi connectivity index (χ1v) is 7.48. The molecule has 2 rings (SSSR count). The summed E-state index contributed by atoms with van der Waals surface area (Å²) in [6.45, 7) is 1.42. The molecule has 8 heteroatoms. The number of carbonyl (C=O) groups excluding carboxylic acids is 1. The highest BCUT2D eigenvalue weighted by Gasteiger charge is 2.14. The van der Waals surface area contributed by atoms with Crippen molar-refractivity contribution in [2.75, 3.05) is 7.11 Å². The maximum atomic E-state index is 11.6. The van der Waals surface area contributed by atoms with Gasteiger partial charge < -0.3 is 19.7 Å². The molecule has 0 aliphatic carbocycles. The average Bonchev–Trinajstić information content (AvgIpc) is 3.03. The van der Waals surface area contributed by atoms with Crippen LogP contribution in [0, 0.1) is 0 Å². The van der Waals surface area contributed by atoms with Gasteiger partial charge in [-0.2, -0.15) is 4.98 Å². The molecule has 0 saturated heterocycles. The van der Waals surface area contributed by atoms with E-state index in [9.17, 15) is 9.59 Å². The molecule has 1 heterocycles. The smallest absolute Gasteiger partial charge is 0.325 e. The summed E-state index contributed by atoms with van der Waals surface area (Å²) in [5.74, 6) is 0.254. The van der Waals surface area contributed by atoms with Gasteiger partial charge in [0.2, 0.25) is 17.6 Å². The largest absolute Gasteiger partial charge is 0.497 e. The lowest BCUT2D eigenvalue weighted by molar-refractivity contribution is -0.141. The summed E-state index contributed by atoms with van der Waals surface area (Å²) in [4.78, 5) is 26.5. The van der Waals surface area contributed by atoms with Crippen molar-refractivity contribution >= 4 is 11.9 Å². The fourth-order valence-electron chi connectivity index (χ4n) is 1.99. The van der Waals surface area contributed by atoms with Crippen LogP contribution in [0.15, 0.2) is 28.8 Å². The number of benzene rings is 1. The van der Waals surface area contributed by atoms with E-state index >= 15 is 0 Å². The molecular weight excluding hydrogens is 314 g/mol. The summed E-state index contributed by atoms with van der Waals surface area (Å²) in [6, 6.07) is 6.36. The predicted octanol–water partition coefficient (Wildman–Crippen LogP) is 1.66. The number of amides is 1. The summed E-state index contributed by atoms with van der Waals surface area (Å²) in [5.41, 5.74) is 0.804. The van der Waals surface area contributed by atoms with E-state index in [-0.39, 0.29) is 12.3 Å². The number of hydrogen-bond donors (Lipinski definition) is 2. The van der Waals surface area contributed by atoms with Crippen molar-refractivity contribution < 1.29 is 24.0 Å². The molecule has 128 valence electrons. The van der Waals surface area contributed by atoms with Gasteiger partial charge in [-0.1, -0.05) is 5.16 Å². The van der Waals surface area contributed by atoms with Gasteiger partial charge in [-0.05, 0) is 37.6 Å². The Kier molecular flexibility index (Phi) is 5.89. The minimum atomic E-state index is -1.07. The number of hydrogen-bond acceptors (Lipinski definition) is 6. The molecule has 24 heavy (non-hydrogen) atoms. The quantitative estimate of drug-likeness (QED) is 0.755. The first-order valence-electron chi connectivity index (χ1n) is 7.48. The second-order valence-electron chi connectivity index (χ2n) is 5.22. The van der Waals surface area contributed by atoms with Crippen molar-refractivity contribution in [3.05, 3.63) is 30.2 Å². The zero-order valence-corrected chi connectivity index (χ0v) is 13.5. The first kappa shape index (κ1) is 17.5. The Balaban J connectivity index is 1.83. The van der Waals surface area contributed by atoms with Gasteiger partial charge in [0.05, 0.1) is 7.11 Å². The first-order chi connectivity index (χ1) is 11.5. The Morgan fingerprint density at radius 1 is 1.33 bits per heavy atom. The van der Waals surface area contributed by atoms with Crippen molar-refractivity contribution in [2.24, 2.45) is 0 Å². The van der Waals surface area contributed by atoms with Crippen LogP contribution in [0.5, 0.6) is 5.75 Å². The normalized spacial score (nSPS) is 11.8. The van der Waals surface area contributed by atoms with Gasteiger partial charge >= 0.3 is 5.97 Å². The van der Waals surface area contributed by atoms with Crippen LogP contribution in [0.2, 0.25) is 0 Å². The molecule has 0 radical (unpaired) electrons. The molecule has 0 unspecified atom stereocenters. The number of nitrogens with one attached hydrogen (secondary N) is 1. The predicted molar refractivity (Wildman–Crippen MR) is 84.5 cm³/mol. The molecule has 1 amide bonds. The number of aliphatic carboxylic acids is 1. The minimum absolute atomic E-state index is 0.192. The summed E-state index contributed by atoms with van der Waals surface area (Å²) in [7, 11) is 1.59. The summed E-state index contributed by atoms with van der Waals surface area (Å²) in [5, 5.41) is 15.0. The number of carbonyl (C=O) groups is 2. The number of aryl methyl sites for hydroxylation is 1. The Morgan fingerprint density at radius 3 is 2.67 bits per heavy atom. The zero-order valence-electron chi connectivity index (χ0n) is 13.5. The van der Waals surface area contributed by atoms with Crippen LogP contribution in [-0.2, 0) is 16.0 Å². The van der Waals surface area contributed by atoms with Gasteiger partial charge in [0.15, 0.2) is 0 Å². The lowest BCUT2D eigenvalue weighted by atomic mass is 10.2. The third-order valence-corrected chi connectivity index (χ3v) is 3.36. The van der Waals surface area contributed by atoms with Crippen LogP contribution >= 0.6 is 0 Å². The van der Waals surface area contributed by atoms with E-state index in [1.807, 2.05) is 12.1 Å². The molecule has 0 bridgehead atoms. The second-order valence-corrected chi connectivity index (χ2v) is 5.22. The van der Waals surface area contributed by atoms with E-state index in [1.165, 1.54) is 6.92 Å². The lowest BCUT2D eigenvalue weighted by Gasteiger charge is -2.08. The van der Waals surface area contributed by atoms with Crippen molar-refractivity contribution in [1.29, 1.82) is 0 Å². The Hall–Kier alpha value is -2.90. The summed E-state index contributed by atoms with van der Waals surface area (Å²) >= 11 is 0. The molecule has 0 aliphatic heterocycles. The molecule has 0 saturated carbocycles. The molecule has 0 fully saturated rings. The van der Waals surface area contributed by atoms with Crippen LogP contribution < -0.4 is 10.1 Å². The number of ether oxygens (including phenoxy) is 1. The van der Waals surface area contributed by atoms with E-state index in [1.54, 1.807) is 19.2 Å². The molecule has 0 spiro atoms. The van der Waals surface area contributed by atoms with E-state index in [0.29, 0.717) is 24.6 Å². The Morgan fingerprint density at radius 2 is 2.04 bits per heavy atom. The molecule has 8 nitrogen and oxygen atoms in total. The van der Waals surface area contributed by atoms with E-state index in [0.717, 1.165) is 11.3 Å². The van der Waals surface area contributed by atoms with Crippen LogP contribution in [0.25, 0.3) is 11.4 Å². The van der Waals surface area contributed by atoms with E-state index in [2.05, 4.69) is 15.5 Å².